The molecule has 98 valence electrons. The molecule has 1 saturated heterocycles. The number of aromatic nitrogens is 2. The van der Waals surface area contributed by atoms with Gasteiger partial charge in [0, 0.05) is 0 Å². The molecule has 1 aliphatic heterocycles. The number of carbonyl (C=O) groups is 1. The summed E-state index contributed by atoms with van der Waals surface area (Å²) < 4.78 is 18.8. The maximum Gasteiger partial charge on any atom is 0.416 e. The Morgan fingerprint density at radius 1 is 1.56 bits per heavy atom. The maximum absolute atomic E-state index is 13.7. The van der Waals surface area contributed by atoms with E-state index in [1.54, 1.807) is 6.92 Å². The Bertz CT molecular complexity index is 483. The minimum Gasteiger partial charge on any atom is -0.444 e. The topological polar surface area (TPSA) is 55.3 Å². The molecule has 0 N–H and O–H groups in total. The molecule has 7 heteroatoms. The van der Waals surface area contributed by atoms with Crippen LogP contribution in [0.1, 0.15) is 20.8 Å². The quantitative estimate of drug-likeness (QED) is 0.777. The molecule has 2 atom stereocenters. The van der Waals surface area contributed by atoms with Crippen molar-refractivity contribution in [1.82, 2.24) is 9.97 Å². The second-order valence-corrected chi connectivity index (χ2v) is 4.84. The van der Waals surface area contributed by atoms with Crippen molar-refractivity contribution in [1.29, 1.82) is 0 Å². The summed E-state index contributed by atoms with van der Waals surface area (Å²) in [6, 6.07) is -0.280. The van der Waals surface area contributed by atoms with Crippen molar-refractivity contribution < 1.29 is 13.9 Å². The summed E-state index contributed by atoms with van der Waals surface area (Å²) in [7, 11) is 0. The highest BCUT2D eigenvalue weighted by Crippen LogP contribution is 2.31. The Kier molecular flexibility index (Phi) is 3.38. The lowest BCUT2D eigenvalue weighted by atomic mass is 9.99. The molecule has 2 rings (SSSR count). The number of rotatable bonds is 2. The molecular formula is C11H13ClFN3O2. The zero-order valence-corrected chi connectivity index (χ0v) is 11.0. The summed E-state index contributed by atoms with van der Waals surface area (Å²) in [5.74, 6) is -0.737. The number of anilines is 1. The first-order valence-corrected chi connectivity index (χ1v) is 5.97. The minimum absolute atomic E-state index is 0.0968. The molecule has 1 aromatic heterocycles. The first-order valence-electron chi connectivity index (χ1n) is 5.59. The van der Waals surface area contributed by atoms with Gasteiger partial charge in [0.25, 0.3) is 0 Å². The average molecular weight is 274 g/mol. The van der Waals surface area contributed by atoms with Crippen LogP contribution in [0.2, 0.25) is 5.28 Å². The second-order valence-electron chi connectivity index (χ2n) is 4.50. The molecule has 1 aliphatic rings. The largest absolute Gasteiger partial charge is 0.444 e. The van der Waals surface area contributed by atoms with Crippen molar-refractivity contribution in [2.45, 2.75) is 32.9 Å². The van der Waals surface area contributed by atoms with Gasteiger partial charge in [-0.2, -0.15) is 4.98 Å². The third kappa shape index (κ3) is 2.12. The summed E-state index contributed by atoms with van der Waals surface area (Å²) in [6.07, 6.45) is -0.00120. The molecule has 0 aliphatic carbocycles. The molecule has 0 aromatic carbocycles. The molecule has 0 spiro atoms. The highest BCUT2D eigenvalue weighted by atomic mass is 35.5. The van der Waals surface area contributed by atoms with Gasteiger partial charge in [-0.25, -0.2) is 14.2 Å². The van der Waals surface area contributed by atoms with Crippen LogP contribution in [-0.2, 0) is 4.74 Å². The lowest BCUT2D eigenvalue weighted by Gasteiger charge is -2.25. The van der Waals surface area contributed by atoms with Crippen LogP contribution in [0.25, 0.3) is 0 Å². The number of amides is 1. The average Bonchev–Trinajstić information content (AvgIpc) is 2.57. The molecular weight excluding hydrogens is 261 g/mol. The van der Waals surface area contributed by atoms with Crippen LogP contribution in [0.4, 0.5) is 15.0 Å². The summed E-state index contributed by atoms with van der Waals surface area (Å²) in [5.41, 5.74) is 0. The molecule has 5 nitrogen and oxygen atoms in total. The van der Waals surface area contributed by atoms with Gasteiger partial charge in [-0.1, -0.05) is 13.8 Å². The van der Waals surface area contributed by atoms with Crippen molar-refractivity contribution in [3.8, 4) is 0 Å². The SMILES string of the molecule is CC(C)[C@H]1[C@H](C)OC(=O)N1c1nc(Cl)ncc1F. The molecule has 18 heavy (non-hydrogen) atoms. The van der Waals surface area contributed by atoms with Gasteiger partial charge >= 0.3 is 6.09 Å². The van der Waals surface area contributed by atoms with E-state index >= 15 is 0 Å². The zero-order chi connectivity index (χ0) is 13.4. The van der Waals surface area contributed by atoms with Gasteiger partial charge in [0.2, 0.25) is 5.28 Å². The fraction of sp³-hybridized carbons (Fsp3) is 0.545. The van der Waals surface area contributed by atoms with E-state index in [0.717, 1.165) is 6.20 Å². The Morgan fingerprint density at radius 2 is 2.22 bits per heavy atom. The summed E-state index contributed by atoms with van der Waals surface area (Å²) in [4.78, 5) is 20.3. The van der Waals surface area contributed by atoms with Crippen LogP contribution in [0.3, 0.4) is 0 Å². The molecule has 0 bridgehead atoms. The minimum atomic E-state index is -0.698. The zero-order valence-electron chi connectivity index (χ0n) is 10.2. The van der Waals surface area contributed by atoms with Gasteiger partial charge in [-0.15, -0.1) is 0 Å². The number of hydrogen-bond donors (Lipinski definition) is 0. The van der Waals surface area contributed by atoms with Gasteiger partial charge < -0.3 is 4.74 Å². The summed E-state index contributed by atoms with van der Waals surface area (Å²) in [6.45, 7) is 5.62. The number of halogens is 2. The third-order valence-electron chi connectivity index (χ3n) is 2.87. The predicted octanol–water partition coefficient (Wildman–Crippen LogP) is 2.64. The monoisotopic (exact) mass is 273 g/mol. The van der Waals surface area contributed by atoms with Crippen LogP contribution >= 0.6 is 11.6 Å². The van der Waals surface area contributed by atoms with Crippen molar-refractivity contribution in [2.24, 2.45) is 5.92 Å². The molecule has 2 heterocycles. The molecule has 1 amide bonds. The van der Waals surface area contributed by atoms with Gasteiger partial charge in [0.05, 0.1) is 12.2 Å². The van der Waals surface area contributed by atoms with Crippen molar-refractivity contribution in [3.05, 3.63) is 17.3 Å². The van der Waals surface area contributed by atoms with Gasteiger partial charge in [-0.3, -0.25) is 4.90 Å². The van der Waals surface area contributed by atoms with Crippen molar-refractivity contribution >= 4 is 23.5 Å². The van der Waals surface area contributed by atoms with Crippen molar-refractivity contribution in [3.63, 3.8) is 0 Å². The highest BCUT2D eigenvalue weighted by molar-refractivity contribution is 6.28. The summed E-state index contributed by atoms with van der Waals surface area (Å²) >= 11 is 5.64. The Balaban J connectivity index is 2.47. The normalized spacial score (nSPS) is 23.7. The van der Waals surface area contributed by atoms with Gasteiger partial charge in [0.15, 0.2) is 11.6 Å². The van der Waals surface area contributed by atoms with Gasteiger partial charge in [-0.05, 0) is 24.4 Å². The lowest BCUT2D eigenvalue weighted by molar-refractivity contribution is 0.136. The maximum atomic E-state index is 13.7. The van der Waals surface area contributed by atoms with E-state index in [9.17, 15) is 9.18 Å². The standard InChI is InChI=1S/C11H13ClFN3O2/c1-5(2)8-6(3)18-11(17)16(8)9-7(13)4-14-10(12)15-9/h4-6,8H,1-3H3/t6-,8-/m0/s1. The second kappa shape index (κ2) is 4.68. The first-order chi connectivity index (χ1) is 8.41. The molecule has 1 aromatic rings. The fourth-order valence-electron chi connectivity index (χ4n) is 2.19. The van der Waals surface area contributed by atoms with Crippen LogP contribution in [0.15, 0.2) is 6.20 Å². The van der Waals surface area contributed by atoms with E-state index < -0.39 is 11.9 Å². The van der Waals surface area contributed by atoms with Crippen LogP contribution in [0.5, 0.6) is 0 Å². The molecule has 1 fully saturated rings. The van der Waals surface area contributed by atoms with E-state index in [2.05, 4.69) is 9.97 Å². The molecule has 0 unspecified atom stereocenters. The van der Waals surface area contributed by atoms with Crippen LogP contribution < -0.4 is 4.90 Å². The number of ether oxygens (including phenoxy) is 1. The van der Waals surface area contributed by atoms with E-state index in [-0.39, 0.29) is 29.2 Å². The van der Waals surface area contributed by atoms with Crippen LogP contribution in [-0.4, -0.2) is 28.2 Å². The van der Waals surface area contributed by atoms with Crippen molar-refractivity contribution in [2.75, 3.05) is 4.90 Å². The van der Waals surface area contributed by atoms with Gasteiger partial charge in [0.1, 0.15) is 6.10 Å². The number of cyclic esters (lactones) is 1. The Labute approximate surface area is 109 Å². The number of nitrogens with zero attached hydrogens (tertiary/aromatic N) is 3. The first kappa shape index (κ1) is 13.0. The summed E-state index contributed by atoms with van der Waals surface area (Å²) in [5, 5.41) is -0.110. The van der Waals surface area contributed by atoms with Crippen LogP contribution in [0, 0.1) is 11.7 Å². The molecule has 0 saturated carbocycles. The molecule has 0 radical (unpaired) electrons. The van der Waals surface area contributed by atoms with E-state index in [4.69, 9.17) is 16.3 Å². The van der Waals surface area contributed by atoms with E-state index in [1.165, 1.54) is 4.90 Å². The third-order valence-corrected chi connectivity index (χ3v) is 3.05. The Morgan fingerprint density at radius 3 is 2.83 bits per heavy atom. The number of carbonyl (C=O) groups excluding carboxylic acids is 1. The fourth-order valence-corrected chi connectivity index (χ4v) is 2.32. The smallest absolute Gasteiger partial charge is 0.416 e. The van der Waals surface area contributed by atoms with E-state index in [1.807, 2.05) is 13.8 Å². The lowest BCUT2D eigenvalue weighted by Crippen LogP contribution is -2.41. The highest BCUT2D eigenvalue weighted by Gasteiger charge is 2.43. The Hall–Kier alpha value is -1.43. The number of hydrogen-bond acceptors (Lipinski definition) is 4. The predicted molar refractivity (Wildman–Crippen MR) is 64.0 cm³/mol. The van der Waals surface area contributed by atoms with E-state index in [0.29, 0.717) is 0 Å².